The largest absolute Gasteiger partial charge is 0.409 e. The van der Waals surface area contributed by atoms with Gasteiger partial charge in [0.1, 0.15) is 5.82 Å². The number of pyridine rings is 1. The molecule has 1 aromatic heterocycles. The van der Waals surface area contributed by atoms with E-state index >= 15 is 0 Å². The Kier molecular flexibility index (Phi) is 3.46. The molecule has 0 amide bonds. The Morgan fingerprint density at radius 1 is 1.59 bits per heavy atom. The molecule has 92 valence electrons. The Morgan fingerprint density at radius 3 is 3.12 bits per heavy atom. The zero-order valence-electron chi connectivity index (χ0n) is 10.0. The molecule has 1 fully saturated rings. The average molecular weight is 234 g/mol. The maximum Gasteiger partial charge on any atom is 0.170 e. The number of nitrogens with zero attached hydrogens (tertiary/aromatic N) is 3. The van der Waals surface area contributed by atoms with E-state index in [1.165, 1.54) is 19.3 Å². The predicted octanol–water partition coefficient (Wildman–Crippen LogP) is 1.55. The molecule has 1 saturated heterocycles. The van der Waals surface area contributed by atoms with Crippen LogP contribution in [0.3, 0.4) is 0 Å². The van der Waals surface area contributed by atoms with Crippen molar-refractivity contribution in [3.63, 3.8) is 0 Å². The smallest absolute Gasteiger partial charge is 0.170 e. The van der Waals surface area contributed by atoms with Gasteiger partial charge in [0.15, 0.2) is 5.84 Å². The lowest BCUT2D eigenvalue weighted by Gasteiger charge is -2.34. The molecule has 1 aliphatic heterocycles. The predicted molar refractivity (Wildman–Crippen MR) is 67.4 cm³/mol. The van der Waals surface area contributed by atoms with E-state index in [0.29, 0.717) is 11.6 Å². The number of nitrogens with two attached hydrogens (primary N) is 1. The number of amidine groups is 1. The minimum Gasteiger partial charge on any atom is -0.409 e. The fourth-order valence-electron chi connectivity index (χ4n) is 2.23. The summed E-state index contributed by atoms with van der Waals surface area (Å²) in [5, 5.41) is 11.7. The molecule has 0 bridgehead atoms. The van der Waals surface area contributed by atoms with Crippen molar-refractivity contribution >= 4 is 11.7 Å². The average Bonchev–Trinajstić information content (AvgIpc) is 2.38. The molecule has 1 unspecified atom stereocenters. The Balaban J connectivity index is 2.26. The summed E-state index contributed by atoms with van der Waals surface area (Å²) in [6, 6.07) is 4.11. The van der Waals surface area contributed by atoms with E-state index in [9.17, 15) is 0 Å². The van der Waals surface area contributed by atoms with Crippen molar-refractivity contribution in [1.29, 1.82) is 0 Å². The summed E-state index contributed by atoms with van der Waals surface area (Å²) in [7, 11) is 0. The second-order valence-corrected chi connectivity index (χ2v) is 4.43. The quantitative estimate of drug-likeness (QED) is 0.352. The maximum atomic E-state index is 8.67. The normalized spacial score (nSPS) is 21.6. The van der Waals surface area contributed by atoms with Crippen LogP contribution in [-0.2, 0) is 0 Å². The first-order chi connectivity index (χ1) is 8.22. The van der Waals surface area contributed by atoms with E-state index in [1.54, 1.807) is 12.3 Å². The number of rotatable bonds is 2. The first-order valence-corrected chi connectivity index (χ1v) is 5.93. The zero-order valence-corrected chi connectivity index (χ0v) is 10.0. The molecule has 1 aromatic rings. The van der Waals surface area contributed by atoms with Gasteiger partial charge >= 0.3 is 0 Å². The highest BCUT2D eigenvalue weighted by Crippen LogP contribution is 2.23. The highest BCUT2D eigenvalue weighted by atomic mass is 16.4. The number of hydrogen-bond acceptors (Lipinski definition) is 4. The molecule has 17 heavy (non-hydrogen) atoms. The van der Waals surface area contributed by atoms with Crippen LogP contribution in [0.5, 0.6) is 0 Å². The molecule has 5 heteroatoms. The molecular weight excluding hydrogens is 216 g/mol. The maximum absolute atomic E-state index is 8.67. The van der Waals surface area contributed by atoms with Gasteiger partial charge in [0.05, 0.1) is 0 Å². The molecule has 5 nitrogen and oxygen atoms in total. The monoisotopic (exact) mass is 234 g/mol. The van der Waals surface area contributed by atoms with Crippen LogP contribution in [0.15, 0.2) is 23.5 Å². The van der Waals surface area contributed by atoms with Gasteiger partial charge in [-0.05, 0) is 38.3 Å². The van der Waals surface area contributed by atoms with Crippen molar-refractivity contribution < 1.29 is 5.21 Å². The first-order valence-electron chi connectivity index (χ1n) is 5.93. The van der Waals surface area contributed by atoms with Crippen LogP contribution in [0.1, 0.15) is 31.7 Å². The Morgan fingerprint density at radius 2 is 2.41 bits per heavy atom. The highest BCUT2D eigenvalue weighted by molar-refractivity contribution is 5.97. The Bertz CT molecular complexity index is 419. The summed E-state index contributed by atoms with van der Waals surface area (Å²) in [5.41, 5.74) is 6.29. The molecular formula is C12H18N4O. The van der Waals surface area contributed by atoms with Gasteiger partial charge in [0.25, 0.3) is 0 Å². The third kappa shape index (κ3) is 2.49. The number of aromatic nitrogens is 1. The van der Waals surface area contributed by atoms with Gasteiger partial charge in [0, 0.05) is 24.3 Å². The summed E-state index contributed by atoms with van der Waals surface area (Å²) < 4.78 is 0. The van der Waals surface area contributed by atoms with Crippen LogP contribution in [0, 0.1) is 0 Å². The number of piperidine rings is 1. The van der Waals surface area contributed by atoms with Crippen molar-refractivity contribution in [1.82, 2.24) is 4.98 Å². The van der Waals surface area contributed by atoms with E-state index in [4.69, 9.17) is 10.9 Å². The molecule has 3 N–H and O–H groups in total. The fourth-order valence-corrected chi connectivity index (χ4v) is 2.23. The van der Waals surface area contributed by atoms with Gasteiger partial charge in [0.2, 0.25) is 0 Å². The molecule has 0 spiro atoms. The molecule has 2 rings (SSSR count). The lowest BCUT2D eigenvalue weighted by molar-refractivity contribution is 0.318. The van der Waals surface area contributed by atoms with Crippen LogP contribution in [0.4, 0.5) is 5.82 Å². The van der Waals surface area contributed by atoms with E-state index in [2.05, 4.69) is 22.0 Å². The van der Waals surface area contributed by atoms with Crippen LogP contribution in [-0.4, -0.2) is 28.6 Å². The van der Waals surface area contributed by atoms with Crippen molar-refractivity contribution in [2.45, 2.75) is 32.2 Å². The summed E-state index contributed by atoms with van der Waals surface area (Å²) in [6.45, 7) is 3.23. The summed E-state index contributed by atoms with van der Waals surface area (Å²) in [6.07, 6.45) is 5.36. The SMILES string of the molecule is CC1CCCCN1c1cc(/C(N)=N/O)ccn1. The molecule has 0 saturated carbocycles. The number of hydrogen-bond donors (Lipinski definition) is 2. The van der Waals surface area contributed by atoms with E-state index in [1.807, 2.05) is 6.07 Å². The summed E-state index contributed by atoms with van der Waals surface area (Å²) >= 11 is 0. The minimum atomic E-state index is 0.123. The zero-order chi connectivity index (χ0) is 12.3. The number of anilines is 1. The van der Waals surface area contributed by atoms with Gasteiger partial charge in [-0.1, -0.05) is 5.16 Å². The lowest BCUT2D eigenvalue weighted by atomic mass is 10.0. The van der Waals surface area contributed by atoms with Crippen molar-refractivity contribution in [3.05, 3.63) is 23.9 Å². The molecule has 0 aromatic carbocycles. The lowest BCUT2D eigenvalue weighted by Crippen LogP contribution is -2.38. The molecule has 0 aliphatic carbocycles. The fraction of sp³-hybridized carbons (Fsp3) is 0.500. The van der Waals surface area contributed by atoms with E-state index < -0.39 is 0 Å². The van der Waals surface area contributed by atoms with Gasteiger partial charge in [-0.3, -0.25) is 0 Å². The third-order valence-electron chi connectivity index (χ3n) is 3.25. The molecule has 1 aliphatic rings. The minimum absolute atomic E-state index is 0.123. The summed E-state index contributed by atoms with van der Waals surface area (Å²) in [4.78, 5) is 6.64. The van der Waals surface area contributed by atoms with Crippen molar-refractivity contribution in [2.24, 2.45) is 10.9 Å². The van der Waals surface area contributed by atoms with Crippen molar-refractivity contribution in [2.75, 3.05) is 11.4 Å². The van der Waals surface area contributed by atoms with Gasteiger partial charge < -0.3 is 15.8 Å². The second kappa shape index (κ2) is 5.03. The number of oxime groups is 1. The van der Waals surface area contributed by atoms with E-state index in [0.717, 1.165) is 12.4 Å². The molecule has 1 atom stereocenters. The second-order valence-electron chi connectivity index (χ2n) is 4.43. The topological polar surface area (TPSA) is 74.7 Å². The van der Waals surface area contributed by atoms with Gasteiger partial charge in [-0.15, -0.1) is 0 Å². The third-order valence-corrected chi connectivity index (χ3v) is 3.25. The van der Waals surface area contributed by atoms with Gasteiger partial charge in [-0.2, -0.15) is 0 Å². The Labute approximate surface area is 101 Å². The van der Waals surface area contributed by atoms with Crippen LogP contribution < -0.4 is 10.6 Å². The van der Waals surface area contributed by atoms with Gasteiger partial charge in [-0.25, -0.2) is 4.98 Å². The van der Waals surface area contributed by atoms with Crippen molar-refractivity contribution in [3.8, 4) is 0 Å². The van der Waals surface area contributed by atoms with E-state index in [-0.39, 0.29) is 5.84 Å². The molecule has 0 radical (unpaired) electrons. The Hall–Kier alpha value is -1.78. The highest BCUT2D eigenvalue weighted by Gasteiger charge is 2.19. The van der Waals surface area contributed by atoms with Crippen LogP contribution in [0.25, 0.3) is 0 Å². The van der Waals surface area contributed by atoms with Crippen LogP contribution >= 0.6 is 0 Å². The standard InChI is InChI=1S/C12H18N4O/c1-9-4-2-3-7-16(9)11-8-10(5-6-14-11)12(13)15-17/h5-6,8-9,17H,2-4,7H2,1H3,(H2,13,15). The van der Waals surface area contributed by atoms with Crippen LogP contribution in [0.2, 0.25) is 0 Å². The first kappa shape index (κ1) is 11.7. The summed E-state index contributed by atoms with van der Waals surface area (Å²) in [5.74, 6) is 1.03. The molecule has 2 heterocycles.